The van der Waals surface area contributed by atoms with Crippen LogP contribution in [0.5, 0.6) is 0 Å². The van der Waals surface area contributed by atoms with E-state index in [1.54, 1.807) is 0 Å². The number of rotatable bonds is 10. The molecule has 0 spiro atoms. The molecule has 2 heterocycles. The fourth-order valence-corrected chi connectivity index (χ4v) is 5.85. The Bertz CT molecular complexity index is 1270. The third-order valence-corrected chi connectivity index (χ3v) is 12.3. The van der Waals surface area contributed by atoms with Crippen molar-refractivity contribution in [2.24, 2.45) is 7.05 Å². The zero-order chi connectivity index (χ0) is 26.8. The second-order valence-corrected chi connectivity index (χ2v) is 15.9. The lowest BCUT2D eigenvalue weighted by Gasteiger charge is -2.36. The standard InChI is InChI=1S/C28H40ClN3O3Si/c1-10-13-19-18-30-31(6)24(19)23-22(29)16-15-21-20(14-12-17-35-36(8,9)28(3,4)5)26(27(33)34-7)32(11-2)25(21)23/h10,15-16,18H,1,11-14,17H2,2-9H3. The molecule has 0 atom stereocenters. The minimum atomic E-state index is -1.85. The van der Waals surface area contributed by atoms with Crippen LogP contribution in [0.4, 0.5) is 0 Å². The third kappa shape index (κ3) is 5.19. The molecule has 36 heavy (non-hydrogen) atoms. The summed E-state index contributed by atoms with van der Waals surface area (Å²) in [6, 6.07) is 3.94. The van der Waals surface area contributed by atoms with Crippen LogP contribution in [0.25, 0.3) is 22.2 Å². The SMILES string of the molecule is C=CCc1cnn(C)c1-c1c(Cl)ccc2c(CCCO[Si](C)(C)C(C)(C)C)c(C(=O)OC)n(CC)c12. The molecule has 0 unspecified atom stereocenters. The number of carbonyl (C=O) groups is 1. The van der Waals surface area contributed by atoms with E-state index < -0.39 is 8.32 Å². The molecule has 2 aromatic heterocycles. The van der Waals surface area contributed by atoms with Gasteiger partial charge in [-0.3, -0.25) is 4.68 Å². The molecule has 3 aromatic rings. The van der Waals surface area contributed by atoms with Gasteiger partial charge in [-0.2, -0.15) is 5.10 Å². The number of carbonyl (C=O) groups excluding carboxylic acids is 1. The number of hydrogen-bond acceptors (Lipinski definition) is 4. The Morgan fingerprint density at radius 1 is 1.28 bits per heavy atom. The van der Waals surface area contributed by atoms with Gasteiger partial charge in [0, 0.05) is 36.7 Å². The summed E-state index contributed by atoms with van der Waals surface area (Å²) in [5, 5.41) is 6.28. The van der Waals surface area contributed by atoms with Crippen molar-refractivity contribution in [2.75, 3.05) is 13.7 Å². The Labute approximate surface area is 221 Å². The largest absolute Gasteiger partial charge is 0.464 e. The highest BCUT2D eigenvalue weighted by Gasteiger charge is 2.37. The van der Waals surface area contributed by atoms with E-state index in [1.165, 1.54) is 7.11 Å². The fourth-order valence-electron chi connectivity index (χ4n) is 4.52. The van der Waals surface area contributed by atoms with Gasteiger partial charge in [0.05, 0.1) is 29.5 Å². The molecule has 0 aliphatic carbocycles. The minimum Gasteiger partial charge on any atom is -0.464 e. The Hall–Kier alpha value is -2.35. The molecule has 0 bridgehead atoms. The van der Waals surface area contributed by atoms with E-state index in [0.717, 1.165) is 39.7 Å². The molecule has 0 aliphatic rings. The van der Waals surface area contributed by atoms with Gasteiger partial charge >= 0.3 is 5.97 Å². The van der Waals surface area contributed by atoms with Crippen molar-refractivity contribution in [1.29, 1.82) is 0 Å². The van der Waals surface area contributed by atoms with Crippen LogP contribution in [0.15, 0.2) is 31.0 Å². The third-order valence-electron chi connectivity index (χ3n) is 7.43. The first-order valence-electron chi connectivity index (χ1n) is 12.6. The van der Waals surface area contributed by atoms with E-state index in [0.29, 0.717) is 36.7 Å². The summed E-state index contributed by atoms with van der Waals surface area (Å²) in [6.07, 6.45) is 5.90. The van der Waals surface area contributed by atoms with Gasteiger partial charge in [0.25, 0.3) is 0 Å². The molecule has 6 nitrogen and oxygen atoms in total. The van der Waals surface area contributed by atoms with Crippen LogP contribution in [0.1, 0.15) is 55.7 Å². The van der Waals surface area contributed by atoms with Crippen molar-refractivity contribution < 1.29 is 14.0 Å². The van der Waals surface area contributed by atoms with Crippen LogP contribution in [0.3, 0.4) is 0 Å². The van der Waals surface area contributed by atoms with Crippen LogP contribution in [0.2, 0.25) is 23.2 Å². The summed E-state index contributed by atoms with van der Waals surface area (Å²) in [4.78, 5) is 13.1. The van der Waals surface area contributed by atoms with Crippen LogP contribution < -0.4 is 0 Å². The molecule has 0 aliphatic heterocycles. The zero-order valence-corrected chi connectivity index (χ0v) is 24.8. The highest BCUT2D eigenvalue weighted by molar-refractivity contribution is 6.74. The van der Waals surface area contributed by atoms with E-state index in [4.69, 9.17) is 20.8 Å². The van der Waals surface area contributed by atoms with Crippen molar-refractivity contribution in [2.45, 2.75) is 71.6 Å². The van der Waals surface area contributed by atoms with Gasteiger partial charge < -0.3 is 13.7 Å². The molecule has 0 N–H and O–H groups in total. The molecule has 196 valence electrons. The number of ether oxygens (including phenoxy) is 1. The second kappa shape index (κ2) is 10.9. The molecule has 0 saturated heterocycles. The van der Waals surface area contributed by atoms with Gasteiger partial charge in [0.1, 0.15) is 5.69 Å². The van der Waals surface area contributed by atoms with Crippen LogP contribution in [0, 0.1) is 0 Å². The van der Waals surface area contributed by atoms with Gasteiger partial charge in [0.2, 0.25) is 0 Å². The summed E-state index contributed by atoms with van der Waals surface area (Å²) in [7, 11) is 1.50. The average molecular weight is 530 g/mol. The van der Waals surface area contributed by atoms with E-state index in [2.05, 4.69) is 45.5 Å². The highest BCUT2D eigenvalue weighted by Crippen LogP contribution is 2.41. The predicted molar refractivity (Wildman–Crippen MR) is 152 cm³/mol. The van der Waals surface area contributed by atoms with E-state index in [9.17, 15) is 4.79 Å². The molecule has 0 radical (unpaired) electrons. The number of benzene rings is 1. The molecule has 0 fully saturated rings. The Morgan fingerprint density at radius 2 is 1.97 bits per heavy atom. The van der Waals surface area contributed by atoms with Crippen LogP contribution in [-0.2, 0) is 35.6 Å². The van der Waals surface area contributed by atoms with E-state index in [-0.39, 0.29) is 11.0 Å². The maximum Gasteiger partial charge on any atom is 0.354 e. The first kappa shape index (κ1) is 28.2. The number of allylic oxidation sites excluding steroid dienone is 1. The topological polar surface area (TPSA) is 58.3 Å². The monoisotopic (exact) mass is 529 g/mol. The van der Waals surface area contributed by atoms with Crippen molar-refractivity contribution in [3.63, 3.8) is 0 Å². The maximum absolute atomic E-state index is 13.1. The number of nitrogens with zero attached hydrogens (tertiary/aromatic N) is 3. The van der Waals surface area contributed by atoms with E-state index >= 15 is 0 Å². The summed E-state index contributed by atoms with van der Waals surface area (Å²) < 4.78 is 15.6. The average Bonchev–Trinajstić information content (AvgIpc) is 3.33. The molecule has 0 amide bonds. The smallest absolute Gasteiger partial charge is 0.354 e. The normalized spacial score (nSPS) is 12.4. The Balaban J connectivity index is 2.17. The van der Waals surface area contributed by atoms with Gasteiger partial charge in [-0.05, 0) is 55.9 Å². The number of aromatic nitrogens is 3. The summed E-state index contributed by atoms with van der Waals surface area (Å²) in [6.45, 7) is 18.4. The van der Waals surface area contributed by atoms with E-state index in [1.807, 2.05) is 47.6 Å². The summed E-state index contributed by atoms with van der Waals surface area (Å²) in [5.74, 6) is -0.341. The highest BCUT2D eigenvalue weighted by atomic mass is 35.5. The number of halogens is 1. The van der Waals surface area contributed by atoms with Gasteiger partial charge in [-0.15, -0.1) is 6.58 Å². The van der Waals surface area contributed by atoms with Crippen molar-refractivity contribution in [3.05, 3.63) is 52.8 Å². The van der Waals surface area contributed by atoms with Gasteiger partial charge in [-0.1, -0.05) is 44.5 Å². The quantitative estimate of drug-likeness (QED) is 0.121. The van der Waals surface area contributed by atoms with Gasteiger partial charge in [-0.25, -0.2) is 4.79 Å². The fraction of sp³-hybridized carbons (Fsp3) is 0.500. The Kier molecular flexibility index (Phi) is 8.58. The summed E-state index contributed by atoms with van der Waals surface area (Å²) in [5.41, 5.74) is 5.33. The minimum absolute atomic E-state index is 0.153. The molecule has 0 saturated carbocycles. The molecule has 8 heteroatoms. The van der Waals surface area contributed by atoms with Crippen molar-refractivity contribution >= 4 is 36.8 Å². The lowest BCUT2D eigenvalue weighted by Crippen LogP contribution is -2.41. The summed E-state index contributed by atoms with van der Waals surface area (Å²) >= 11 is 6.85. The zero-order valence-electron chi connectivity index (χ0n) is 23.0. The number of hydrogen-bond donors (Lipinski definition) is 0. The van der Waals surface area contributed by atoms with Crippen molar-refractivity contribution in [1.82, 2.24) is 14.3 Å². The number of esters is 1. The molecule has 3 rings (SSSR count). The molecular weight excluding hydrogens is 490 g/mol. The maximum atomic E-state index is 13.1. The van der Waals surface area contributed by atoms with Gasteiger partial charge in [0.15, 0.2) is 8.32 Å². The number of aryl methyl sites for hydroxylation is 3. The lowest BCUT2D eigenvalue weighted by molar-refractivity contribution is 0.0587. The Morgan fingerprint density at radius 3 is 2.56 bits per heavy atom. The number of methoxy groups -OCH3 is 1. The van der Waals surface area contributed by atoms with Crippen LogP contribution >= 0.6 is 11.6 Å². The van der Waals surface area contributed by atoms with Crippen molar-refractivity contribution in [3.8, 4) is 11.3 Å². The lowest BCUT2D eigenvalue weighted by atomic mass is 10.00. The first-order chi connectivity index (χ1) is 16.9. The molecule has 1 aromatic carbocycles. The first-order valence-corrected chi connectivity index (χ1v) is 15.9. The van der Waals surface area contributed by atoms with Crippen LogP contribution in [-0.4, -0.2) is 42.4 Å². The number of fused-ring (bicyclic) bond motifs is 1. The second-order valence-electron chi connectivity index (χ2n) is 10.7. The predicted octanol–water partition coefficient (Wildman–Crippen LogP) is 7.18. The molecular formula is C28H40ClN3O3Si.